The normalized spacial score (nSPS) is 17.0. The second-order valence-electron chi connectivity index (χ2n) is 5.32. The van der Waals surface area contributed by atoms with Gasteiger partial charge >= 0.3 is 6.01 Å². The molecule has 1 aromatic rings. The lowest BCUT2D eigenvalue weighted by molar-refractivity contribution is 0.222. The smallest absolute Gasteiger partial charge is 0.322 e. The topological polar surface area (TPSA) is 66.4 Å². The van der Waals surface area contributed by atoms with Crippen molar-refractivity contribution in [2.45, 2.75) is 12.8 Å². The molecule has 7 nitrogen and oxygen atoms in total. The molecule has 0 unspecified atom stereocenters. The Labute approximate surface area is 120 Å². The highest BCUT2D eigenvalue weighted by molar-refractivity contribution is 5.37. The second kappa shape index (κ2) is 6.69. The molecule has 1 fully saturated rings. The number of aromatic nitrogens is 3. The SMILES string of the molecule is CNc1nc(OC)nc(N(C)CC2CCN(C)CC2)n1. The summed E-state index contributed by atoms with van der Waals surface area (Å²) in [5.41, 5.74) is 0. The van der Waals surface area contributed by atoms with Crippen LogP contribution in [0.15, 0.2) is 0 Å². The molecule has 0 spiro atoms. The summed E-state index contributed by atoms with van der Waals surface area (Å²) in [5.74, 6) is 1.87. The minimum atomic E-state index is 0.342. The molecule has 0 amide bonds. The number of anilines is 2. The molecular weight excluding hydrogens is 256 g/mol. The van der Waals surface area contributed by atoms with E-state index in [1.165, 1.54) is 25.9 Å². The molecule has 1 saturated heterocycles. The maximum absolute atomic E-state index is 5.12. The first-order valence-electron chi connectivity index (χ1n) is 7.00. The molecule has 0 bridgehead atoms. The van der Waals surface area contributed by atoms with Crippen LogP contribution in [0.4, 0.5) is 11.9 Å². The minimum absolute atomic E-state index is 0.342. The molecule has 2 heterocycles. The number of rotatable bonds is 5. The van der Waals surface area contributed by atoms with Gasteiger partial charge in [0.15, 0.2) is 0 Å². The largest absolute Gasteiger partial charge is 0.467 e. The molecule has 1 aromatic heterocycles. The molecule has 112 valence electrons. The van der Waals surface area contributed by atoms with E-state index in [-0.39, 0.29) is 0 Å². The first kappa shape index (κ1) is 14.8. The zero-order valence-electron chi connectivity index (χ0n) is 12.8. The molecule has 1 aliphatic heterocycles. The van der Waals surface area contributed by atoms with Gasteiger partial charge < -0.3 is 19.9 Å². The summed E-state index contributed by atoms with van der Waals surface area (Å²) in [5, 5.41) is 2.93. The number of nitrogens with zero attached hydrogens (tertiary/aromatic N) is 5. The summed E-state index contributed by atoms with van der Waals surface area (Å²) in [6.45, 7) is 3.30. The van der Waals surface area contributed by atoms with E-state index in [0.717, 1.165) is 6.54 Å². The van der Waals surface area contributed by atoms with Gasteiger partial charge in [-0.1, -0.05) is 0 Å². The Morgan fingerprint density at radius 3 is 2.60 bits per heavy atom. The van der Waals surface area contributed by atoms with Gasteiger partial charge in [0.2, 0.25) is 11.9 Å². The van der Waals surface area contributed by atoms with Crippen LogP contribution in [0.5, 0.6) is 6.01 Å². The van der Waals surface area contributed by atoms with Gasteiger partial charge in [-0.3, -0.25) is 0 Å². The third-order valence-corrected chi connectivity index (χ3v) is 3.72. The average molecular weight is 280 g/mol. The Hall–Kier alpha value is -1.63. The van der Waals surface area contributed by atoms with E-state index in [2.05, 4.69) is 37.1 Å². The van der Waals surface area contributed by atoms with Crippen molar-refractivity contribution in [1.82, 2.24) is 19.9 Å². The van der Waals surface area contributed by atoms with Crippen LogP contribution >= 0.6 is 0 Å². The lowest BCUT2D eigenvalue weighted by atomic mass is 9.97. The molecule has 0 saturated carbocycles. The summed E-state index contributed by atoms with van der Waals surface area (Å²) in [6.07, 6.45) is 2.45. The van der Waals surface area contributed by atoms with Crippen molar-refractivity contribution >= 4 is 11.9 Å². The highest BCUT2D eigenvalue weighted by Gasteiger charge is 2.20. The van der Waals surface area contributed by atoms with Crippen LogP contribution < -0.4 is 15.0 Å². The third kappa shape index (κ3) is 3.69. The Bertz CT molecular complexity index is 411. The lowest BCUT2D eigenvalue weighted by Gasteiger charge is -2.31. The standard InChI is InChI=1S/C13H24N6O/c1-14-11-15-12(17-13(16-11)20-4)19(3)9-10-5-7-18(2)8-6-10/h10H,5-9H2,1-4H3,(H,14,15,16,17). The predicted octanol–water partition coefficient (Wildman–Crippen LogP) is 0.700. The van der Waals surface area contributed by atoms with Gasteiger partial charge in [0.05, 0.1) is 7.11 Å². The number of ether oxygens (including phenoxy) is 1. The van der Waals surface area contributed by atoms with Crippen molar-refractivity contribution in [1.29, 1.82) is 0 Å². The zero-order valence-corrected chi connectivity index (χ0v) is 12.8. The van der Waals surface area contributed by atoms with Crippen LogP contribution in [0.1, 0.15) is 12.8 Å². The molecule has 1 N–H and O–H groups in total. The molecule has 0 aliphatic carbocycles. The van der Waals surface area contributed by atoms with Crippen LogP contribution in [0, 0.1) is 5.92 Å². The fourth-order valence-electron chi connectivity index (χ4n) is 2.43. The van der Waals surface area contributed by atoms with Crippen LogP contribution in [0.25, 0.3) is 0 Å². The van der Waals surface area contributed by atoms with Gasteiger partial charge in [0.25, 0.3) is 0 Å². The van der Waals surface area contributed by atoms with Crippen molar-refractivity contribution in [3.63, 3.8) is 0 Å². The highest BCUT2D eigenvalue weighted by atomic mass is 16.5. The van der Waals surface area contributed by atoms with E-state index < -0.39 is 0 Å². The molecular formula is C13H24N6O. The van der Waals surface area contributed by atoms with E-state index in [1.807, 2.05) is 7.05 Å². The fourth-order valence-corrected chi connectivity index (χ4v) is 2.43. The summed E-state index contributed by atoms with van der Waals surface area (Å²) in [7, 11) is 7.55. The van der Waals surface area contributed by atoms with E-state index in [4.69, 9.17) is 4.74 Å². The first-order valence-corrected chi connectivity index (χ1v) is 7.00. The van der Waals surface area contributed by atoms with Crippen LogP contribution in [-0.4, -0.2) is 67.7 Å². The third-order valence-electron chi connectivity index (χ3n) is 3.72. The van der Waals surface area contributed by atoms with Crippen LogP contribution in [-0.2, 0) is 0 Å². The minimum Gasteiger partial charge on any atom is -0.467 e. The number of methoxy groups -OCH3 is 1. The van der Waals surface area contributed by atoms with Crippen molar-refractivity contribution in [2.75, 3.05) is 58.1 Å². The van der Waals surface area contributed by atoms with Crippen molar-refractivity contribution in [3.05, 3.63) is 0 Å². The number of piperidine rings is 1. The van der Waals surface area contributed by atoms with Gasteiger partial charge in [0, 0.05) is 20.6 Å². The summed E-state index contributed by atoms with van der Waals surface area (Å²) in [4.78, 5) is 17.3. The molecule has 7 heteroatoms. The molecule has 0 atom stereocenters. The summed E-state index contributed by atoms with van der Waals surface area (Å²) < 4.78 is 5.12. The molecule has 0 aromatic carbocycles. The van der Waals surface area contributed by atoms with Gasteiger partial charge in [-0.05, 0) is 38.9 Å². The monoisotopic (exact) mass is 280 g/mol. The van der Waals surface area contributed by atoms with E-state index >= 15 is 0 Å². The number of nitrogens with one attached hydrogen (secondary N) is 1. The van der Waals surface area contributed by atoms with Gasteiger partial charge in [-0.25, -0.2) is 0 Å². The zero-order chi connectivity index (χ0) is 14.5. The Balaban J connectivity index is 2.02. The Morgan fingerprint density at radius 2 is 2.00 bits per heavy atom. The Kier molecular flexibility index (Phi) is 4.94. The average Bonchev–Trinajstić information content (AvgIpc) is 2.48. The fraction of sp³-hybridized carbons (Fsp3) is 0.769. The second-order valence-corrected chi connectivity index (χ2v) is 5.32. The van der Waals surface area contributed by atoms with E-state index in [9.17, 15) is 0 Å². The van der Waals surface area contributed by atoms with Crippen molar-refractivity contribution < 1.29 is 4.74 Å². The number of likely N-dealkylation sites (tertiary alicyclic amines) is 1. The van der Waals surface area contributed by atoms with Gasteiger partial charge in [-0.2, -0.15) is 15.0 Å². The van der Waals surface area contributed by atoms with Gasteiger partial charge in [-0.15, -0.1) is 0 Å². The van der Waals surface area contributed by atoms with Crippen molar-refractivity contribution in [3.8, 4) is 6.01 Å². The number of hydrogen-bond donors (Lipinski definition) is 1. The van der Waals surface area contributed by atoms with Gasteiger partial charge in [0.1, 0.15) is 0 Å². The molecule has 2 rings (SSSR count). The molecule has 20 heavy (non-hydrogen) atoms. The summed E-state index contributed by atoms with van der Waals surface area (Å²) >= 11 is 0. The predicted molar refractivity (Wildman–Crippen MR) is 79.4 cm³/mol. The Morgan fingerprint density at radius 1 is 1.30 bits per heavy atom. The van der Waals surface area contributed by atoms with E-state index in [0.29, 0.717) is 23.8 Å². The molecule has 1 aliphatic rings. The first-order chi connectivity index (χ1) is 9.62. The van der Waals surface area contributed by atoms with Crippen LogP contribution in [0.2, 0.25) is 0 Å². The molecule has 0 radical (unpaired) electrons. The lowest BCUT2D eigenvalue weighted by Crippen LogP contribution is -2.36. The van der Waals surface area contributed by atoms with Crippen LogP contribution in [0.3, 0.4) is 0 Å². The quantitative estimate of drug-likeness (QED) is 0.851. The maximum atomic E-state index is 5.12. The van der Waals surface area contributed by atoms with E-state index in [1.54, 1.807) is 14.2 Å². The van der Waals surface area contributed by atoms with Crippen molar-refractivity contribution in [2.24, 2.45) is 5.92 Å². The number of hydrogen-bond acceptors (Lipinski definition) is 7. The summed E-state index contributed by atoms with van der Waals surface area (Å²) in [6, 6.07) is 0.342. The maximum Gasteiger partial charge on any atom is 0.322 e. The highest BCUT2D eigenvalue weighted by Crippen LogP contribution is 2.20.